The number of benzene rings is 1. The molecule has 0 saturated carbocycles. The Morgan fingerprint density at radius 2 is 1.20 bits per heavy atom. The largest absolute Gasteiger partial charge is 0.511 e. The molecule has 1 N–H and O–H groups in total. The van der Waals surface area contributed by atoms with Gasteiger partial charge in [0.25, 0.3) is 5.69 Å². The third-order valence-electron chi connectivity index (χ3n) is 4.26. The molecule has 0 fully saturated rings. The van der Waals surface area contributed by atoms with Crippen molar-refractivity contribution in [1.82, 2.24) is 0 Å². The molecule has 0 aliphatic heterocycles. The normalized spacial score (nSPS) is 11.0. The third kappa shape index (κ3) is 16.8. The monoisotopic (exact) mass is 505 g/mol. The summed E-state index contributed by atoms with van der Waals surface area (Å²) in [5.74, 6) is 0.0416. The molecule has 13 heteroatoms. The minimum absolute atomic E-state index is 0.0416. The van der Waals surface area contributed by atoms with Gasteiger partial charge in [0.1, 0.15) is 5.75 Å². The van der Waals surface area contributed by atoms with Crippen LogP contribution in [0.15, 0.2) is 18.2 Å². The quantitative estimate of drug-likeness (QED) is 0.0760. The maximum atomic E-state index is 10.9. The first-order valence-corrected chi connectivity index (χ1v) is 11.2. The summed E-state index contributed by atoms with van der Waals surface area (Å²) in [4.78, 5) is 21.1. The van der Waals surface area contributed by atoms with E-state index in [1.807, 2.05) is 0 Å². The number of ether oxygens (including phenoxy) is 8. The number of non-ortho nitro benzene ring substituents is 1. The molecule has 0 aromatic heterocycles. The van der Waals surface area contributed by atoms with Gasteiger partial charge in [-0.3, -0.25) is 10.1 Å². The second-order valence-corrected chi connectivity index (χ2v) is 6.83. The Labute approximate surface area is 204 Å². The highest BCUT2D eigenvalue weighted by Crippen LogP contribution is 2.25. The number of nitrogens with zero attached hydrogens (tertiary/aromatic N) is 1. The Bertz CT molecular complexity index is 703. The fourth-order valence-electron chi connectivity index (χ4n) is 2.59. The molecule has 1 aromatic rings. The standard InChI is InChI=1S/C22H35NO12/c1-28-6-7-30-10-11-32-14-15-34-17-16-33-13-12-31-9-8-29-5-4-19-18-20(23(26)27)2-3-21(19)35-22(24)25/h2-3,18H,4-17H2,1H3,(H,24,25). The lowest BCUT2D eigenvalue weighted by Crippen LogP contribution is -2.14. The smallest absolute Gasteiger partial charge is 0.449 e. The van der Waals surface area contributed by atoms with Crippen molar-refractivity contribution < 1.29 is 52.7 Å². The molecule has 0 unspecified atom stereocenters. The lowest BCUT2D eigenvalue weighted by Gasteiger charge is -2.09. The molecule has 13 nitrogen and oxygen atoms in total. The maximum Gasteiger partial charge on any atom is 0.511 e. The average Bonchev–Trinajstić information content (AvgIpc) is 2.83. The number of rotatable bonds is 23. The van der Waals surface area contributed by atoms with Crippen molar-refractivity contribution in [2.24, 2.45) is 0 Å². The summed E-state index contributed by atoms with van der Waals surface area (Å²) in [7, 11) is 1.62. The van der Waals surface area contributed by atoms with Crippen molar-refractivity contribution in [2.75, 3.05) is 93.0 Å². The topological polar surface area (TPSA) is 154 Å². The van der Waals surface area contributed by atoms with E-state index in [2.05, 4.69) is 4.74 Å². The highest BCUT2D eigenvalue weighted by molar-refractivity contribution is 5.62. The molecule has 0 spiro atoms. The molecule has 200 valence electrons. The van der Waals surface area contributed by atoms with Crippen molar-refractivity contribution >= 4 is 11.8 Å². The van der Waals surface area contributed by atoms with E-state index in [1.54, 1.807) is 7.11 Å². The second kappa shape index (κ2) is 20.9. The third-order valence-corrected chi connectivity index (χ3v) is 4.26. The van der Waals surface area contributed by atoms with Crippen molar-refractivity contribution in [3.8, 4) is 5.75 Å². The van der Waals surface area contributed by atoms with Crippen LogP contribution in [-0.4, -0.2) is 109 Å². The van der Waals surface area contributed by atoms with E-state index in [0.717, 1.165) is 0 Å². The van der Waals surface area contributed by atoms with E-state index in [4.69, 9.17) is 38.3 Å². The van der Waals surface area contributed by atoms with Crippen molar-refractivity contribution in [3.63, 3.8) is 0 Å². The zero-order valence-corrected chi connectivity index (χ0v) is 20.0. The Kier molecular flexibility index (Phi) is 18.3. The zero-order valence-electron chi connectivity index (χ0n) is 20.0. The molecule has 35 heavy (non-hydrogen) atoms. The highest BCUT2D eigenvalue weighted by Gasteiger charge is 2.14. The minimum Gasteiger partial charge on any atom is -0.449 e. The van der Waals surface area contributed by atoms with E-state index in [0.29, 0.717) is 84.8 Å². The molecule has 0 aliphatic rings. The van der Waals surface area contributed by atoms with Crippen LogP contribution in [0.25, 0.3) is 0 Å². The van der Waals surface area contributed by atoms with E-state index in [1.165, 1.54) is 18.2 Å². The Morgan fingerprint density at radius 3 is 1.60 bits per heavy atom. The van der Waals surface area contributed by atoms with Gasteiger partial charge in [0, 0.05) is 24.8 Å². The minimum atomic E-state index is -1.49. The first-order valence-electron chi connectivity index (χ1n) is 11.2. The number of hydrogen-bond acceptors (Lipinski definition) is 11. The van der Waals surface area contributed by atoms with Crippen LogP contribution in [0.5, 0.6) is 5.75 Å². The highest BCUT2D eigenvalue weighted by atomic mass is 16.7. The van der Waals surface area contributed by atoms with Crippen LogP contribution in [0.4, 0.5) is 10.5 Å². The Balaban J connectivity index is 1.94. The fraction of sp³-hybridized carbons (Fsp3) is 0.682. The lowest BCUT2D eigenvalue weighted by molar-refractivity contribution is -0.384. The van der Waals surface area contributed by atoms with Gasteiger partial charge in [0.05, 0.1) is 90.8 Å². The fourth-order valence-corrected chi connectivity index (χ4v) is 2.59. The van der Waals surface area contributed by atoms with Crippen molar-refractivity contribution in [3.05, 3.63) is 33.9 Å². The van der Waals surface area contributed by atoms with Crippen molar-refractivity contribution in [2.45, 2.75) is 6.42 Å². The molecular weight excluding hydrogens is 470 g/mol. The predicted octanol–water partition coefficient (Wildman–Crippen LogP) is 1.94. The first kappa shape index (κ1) is 30.6. The van der Waals surface area contributed by atoms with Crippen LogP contribution in [0, 0.1) is 10.1 Å². The summed E-state index contributed by atoms with van der Waals surface area (Å²) in [6.45, 7) is 5.74. The van der Waals surface area contributed by atoms with Gasteiger partial charge in [-0.2, -0.15) is 0 Å². The van der Waals surface area contributed by atoms with E-state index in [9.17, 15) is 14.9 Å². The SMILES string of the molecule is COCCOCCOCCOCCOCCOCCOCCc1cc([N+](=O)[O-])ccc1OC(=O)O. The summed E-state index contributed by atoms with van der Waals surface area (Å²) in [5, 5.41) is 19.7. The average molecular weight is 506 g/mol. The van der Waals surface area contributed by atoms with Gasteiger partial charge in [-0.05, 0) is 12.5 Å². The number of methoxy groups -OCH3 is 1. The molecular formula is C22H35NO12. The molecule has 1 rings (SSSR count). The summed E-state index contributed by atoms with van der Waals surface area (Å²) in [6.07, 6.45) is -1.24. The van der Waals surface area contributed by atoms with E-state index < -0.39 is 11.1 Å². The first-order chi connectivity index (χ1) is 17.0. The van der Waals surface area contributed by atoms with Crippen LogP contribution in [0.3, 0.4) is 0 Å². The summed E-state index contributed by atoms with van der Waals surface area (Å²) in [5.41, 5.74) is 0.219. The van der Waals surface area contributed by atoms with Gasteiger partial charge in [0.2, 0.25) is 0 Å². The number of carbonyl (C=O) groups is 1. The summed E-state index contributed by atoms with van der Waals surface area (Å²) < 4.78 is 41.8. The molecule has 0 heterocycles. The molecule has 0 amide bonds. The number of nitro benzene ring substituents is 1. The Morgan fingerprint density at radius 1 is 0.771 bits per heavy atom. The summed E-state index contributed by atoms with van der Waals surface area (Å²) >= 11 is 0. The molecule has 0 saturated heterocycles. The number of nitro groups is 1. The molecule has 0 aliphatic carbocycles. The number of hydrogen-bond donors (Lipinski definition) is 1. The molecule has 0 atom stereocenters. The van der Waals surface area contributed by atoms with Gasteiger partial charge in [-0.1, -0.05) is 0 Å². The van der Waals surface area contributed by atoms with Crippen LogP contribution in [0.1, 0.15) is 5.56 Å². The molecule has 1 aromatic carbocycles. The predicted molar refractivity (Wildman–Crippen MR) is 122 cm³/mol. The lowest BCUT2D eigenvalue weighted by atomic mass is 10.1. The van der Waals surface area contributed by atoms with Gasteiger partial charge >= 0.3 is 6.16 Å². The van der Waals surface area contributed by atoms with Gasteiger partial charge in [-0.25, -0.2) is 4.79 Å². The Hall–Kier alpha value is -2.39. The van der Waals surface area contributed by atoms with Crippen LogP contribution in [0.2, 0.25) is 0 Å². The number of carboxylic acid groups (broad SMARTS) is 1. The zero-order chi connectivity index (χ0) is 25.6. The molecule has 0 radical (unpaired) electrons. The van der Waals surface area contributed by atoms with E-state index in [-0.39, 0.29) is 24.5 Å². The molecule has 0 bridgehead atoms. The van der Waals surface area contributed by atoms with Crippen molar-refractivity contribution in [1.29, 1.82) is 0 Å². The van der Waals surface area contributed by atoms with Gasteiger partial charge < -0.3 is 43.0 Å². The van der Waals surface area contributed by atoms with Gasteiger partial charge in [0.15, 0.2) is 0 Å². The van der Waals surface area contributed by atoms with Crippen LogP contribution in [-0.2, 0) is 39.6 Å². The van der Waals surface area contributed by atoms with Crippen LogP contribution < -0.4 is 4.74 Å². The van der Waals surface area contributed by atoms with Crippen LogP contribution >= 0.6 is 0 Å². The maximum absolute atomic E-state index is 10.9. The summed E-state index contributed by atoms with van der Waals surface area (Å²) in [6, 6.07) is 3.71. The van der Waals surface area contributed by atoms with Gasteiger partial charge in [-0.15, -0.1) is 0 Å². The second-order valence-electron chi connectivity index (χ2n) is 6.83. The van der Waals surface area contributed by atoms with E-state index >= 15 is 0 Å².